The molecule has 2 aromatic rings. The molecule has 0 bridgehead atoms. The van der Waals surface area contributed by atoms with E-state index >= 15 is 0 Å². The Morgan fingerprint density at radius 2 is 2.26 bits per heavy atom. The van der Waals surface area contributed by atoms with Crippen molar-refractivity contribution >= 4 is 11.7 Å². The summed E-state index contributed by atoms with van der Waals surface area (Å²) in [5.74, 6) is 0.891. The highest BCUT2D eigenvalue weighted by molar-refractivity contribution is 5.94. The van der Waals surface area contributed by atoms with Crippen molar-refractivity contribution in [2.75, 3.05) is 5.32 Å². The summed E-state index contributed by atoms with van der Waals surface area (Å²) in [5.41, 5.74) is 2.88. The molecule has 1 aliphatic rings. The van der Waals surface area contributed by atoms with Crippen LogP contribution in [0.5, 0.6) is 5.75 Å². The zero-order chi connectivity index (χ0) is 13.6. The molecule has 2 heterocycles. The van der Waals surface area contributed by atoms with Crippen LogP contribution in [0.15, 0.2) is 24.3 Å². The predicted octanol–water partition coefficient (Wildman–Crippen LogP) is 1.91. The molecule has 0 radical (unpaired) electrons. The lowest BCUT2D eigenvalue weighted by Crippen LogP contribution is -2.24. The number of amides is 1. The molecule has 98 valence electrons. The number of rotatable bonds is 1. The fraction of sp³-hybridized carbons (Fsp3) is 0.286. The monoisotopic (exact) mass is 257 g/mol. The molecule has 0 fully saturated rings. The van der Waals surface area contributed by atoms with Crippen LogP contribution >= 0.6 is 0 Å². The number of benzene rings is 1. The Bertz CT molecular complexity index is 661. The van der Waals surface area contributed by atoms with Gasteiger partial charge < -0.3 is 10.4 Å². The van der Waals surface area contributed by atoms with Crippen LogP contribution in [0.3, 0.4) is 0 Å². The maximum atomic E-state index is 11.8. The Balaban J connectivity index is 2.16. The van der Waals surface area contributed by atoms with Crippen LogP contribution in [0.25, 0.3) is 0 Å². The number of carbonyl (C=O) groups is 1. The van der Waals surface area contributed by atoms with E-state index in [4.69, 9.17) is 0 Å². The van der Waals surface area contributed by atoms with Crippen LogP contribution in [0.1, 0.15) is 29.2 Å². The van der Waals surface area contributed by atoms with Gasteiger partial charge in [0.05, 0.1) is 5.69 Å². The molecule has 0 saturated heterocycles. The summed E-state index contributed by atoms with van der Waals surface area (Å²) in [6.45, 7) is 1.94. The number of phenolic OH excluding ortho intramolecular Hbond substituents is 1. The molecule has 3 rings (SSSR count). The molecule has 1 unspecified atom stereocenters. The zero-order valence-electron chi connectivity index (χ0n) is 10.8. The number of phenols is 1. The normalized spacial score (nSPS) is 18.0. The van der Waals surface area contributed by atoms with E-state index in [1.807, 2.05) is 20.0 Å². The minimum atomic E-state index is -0.0513. The highest BCUT2D eigenvalue weighted by atomic mass is 16.3. The van der Waals surface area contributed by atoms with Gasteiger partial charge in [-0.3, -0.25) is 9.48 Å². The third-order valence-electron chi connectivity index (χ3n) is 3.54. The summed E-state index contributed by atoms with van der Waals surface area (Å²) in [7, 11) is 1.82. The first kappa shape index (κ1) is 11.8. The van der Waals surface area contributed by atoms with Gasteiger partial charge in [-0.25, -0.2) is 0 Å². The van der Waals surface area contributed by atoms with Gasteiger partial charge in [0.15, 0.2) is 0 Å². The number of carbonyl (C=O) groups excluding carboxylic acids is 1. The molecule has 5 heteroatoms. The Labute approximate surface area is 110 Å². The second-order valence-corrected chi connectivity index (χ2v) is 4.87. The van der Waals surface area contributed by atoms with Gasteiger partial charge in [-0.15, -0.1) is 0 Å². The third kappa shape index (κ3) is 1.87. The van der Waals surface area contributed by atoms with Gasteiger partial charge in [-0.2, -0.15) is 5.10 Å². The molecule has 1 amide bonds. The number of aryl methyl sites for hydroxylation is 2. The number of hydrogen-bond acceptors (Lipinski definition) is 3. The summed E-state index contributed by atoms with van der Waals surface area (Å²) in [4.78, 5) is 11.8. The highest BCUT2D eigenvalue weighted by Gasteiger charge is 2.31. The minimum absolute atomic E-state index is 0.0242. The Kier molecular flexibility index (Phi) is 2.55. The van der Waals surface area contributed by atoms with Gasteiger partial charge in [-0.1, -0.05) is 12.1 Å². The Morgan fingerprint density at radius 3 is 3.00 bits per heavy atom. The molecule has 0 spiro atoms. The summed E-state index contributed by atoms with van der Waals surface area (Å²) >= 11 is 0. The second kappa shape index (κ2) is 4.12. The lowest BCUT2D eigenvalue weighted by atomic mass is 9.86. The summed E-state index contributed by atoms with van der Waals surface area (Å²) in [6.07, 6.45) is 0.378. The maximum absolute atomic E-state index is 11.8. The SMILES string of the molecule is Cc1nn(C)c2c1C(c1cccc(O)c1)CC(=O)N2. The predicted molar refractivity (Wildman–Crippen MR) is 71.1 cm³/mol. The average molecular weight is 257 g/mol. The molecule has 0 aliphatic carbocycles. The Hall–Kier alpha value is -2.30. The molecule has 5 nitrogen and oxygen atoms in total. The van der Waals surface area contributed by atoms with Crippen LogP contribution < -0.4 is 5.32 Å². The lowest BCUT2D eigenvalue weighted by Gasteiger charge is -2.24. The van der Waals surface area contributed by atoms with E-state index in [0.717, 1.165) is 22.6 Å². The van der Waals surface area contributed by atoms with E-state index < -0.39 is 0 Å². The first-order valence-corrected chi connectivity index (χ1v) is 6.18. The summed E-state index contributed by atoms with van der Waals surface area (Å²) < 4.78 is 1.69. The van der Waals surface area contributed by atoms with Crippen molar-refractivity contribution in [3.63, 3.8) is 0 Å². The standard InChI is InChI=1S/C14H15N3O2/c1-8-13-11(9-4-3-5-10(18)6-9)7-12(19)15-14(13)17(2)16-8/h3-6,11,18H,7H2,1-2H3,(H,15,19). The molecule has 2 N–H and O–H groups in total. The van der Waals surface area contributed by atoms with E-state index in [1.54, 1.807) is 22.9 Å². The van der Waals surface area contributed by atoms with Crippen LogP contribution in [-0.2, 0) is 11.8 Å². The van der Waals surface area contributed by atoms with Crippen molar-refractivity contribution in [1.29, 1.82) is 0 Å². The molecular formula is C14H15N3O2. The number of nitrogens with zero attached hydrogens (tertiary/aromatic N) is 2. The largest absolute Gasteiger partial charge is 0.508 e. The smallest absolute Gasteiger partial charge is 0.226 e. The van der Waals surface area contributed by atoms with Crippen molar-refractivity contribution in [2.24, 2.45) is 7.05 Å². The van der Waals surface area contributed by atoms with Crippen LogP contribution in [0, 0.1) is 6.92 Å². The van der Waals surface area contributed by atoms with Crippen LogP contribution in [0.4, 0.5) is 5.82 Å². The number of nitrogens with one attached hydrogen (secondary N) is 1. The molecule has 19 heavy (non-hydrogen) atoms. The topological polar surface area (TPSA) is 67.1 Å². The molecule has 1 aromatic carbocycles. The number of fused-ring (bicyclic) bond motifs is 1. The Morgan fingerprint density at radius 1 is 1.47 bits per heavy atom. The van der Waals surface area contributed by atoms with Crippen molar-refractivity contribution in [2.45, 2.75) is 19.3 Å². The number of anilines is 1. The molecule has 1 atom stereocenters. The molecular weight excluding hydrogens is 242 g/mol. The molecule has 1 aromatic heterocycles. The second-order valence-electron chi connectivity index (χ2n) is 4.87. The number of aromatic nitrogens is 2. The summed E-state index contributed by atoms with van der Waals surface area (Å²) in [6, 6.07) is 7.06. The number of hydrogen-bond donors (Lipinski definition) is 2. The van der Waals surface area contributed by atoms with Gasteiger partial charge in [0.1, 0.15) is 11.6 Å². The van der Waals surface area contributed by atoms with Crippen molar-refractivity contribution in [3.8, 4) is 5.75 Å². The fourth-order valence-corrected chi connectivity index (χ4v) is 2.74. The van der Waals surface area contributed by atoms with Crippen LogP contribution in [0.2, 0.25) is 0 Å². The lowest BCUT2D eigenvalue weighted by molar-refractivity contribution is -0.116. The minimum Gasteiger partial charge on any atom is -0.508 e. The van der Waals surface area contributed by atoms with Crippen LogP contribution in [-0.4, -0.2) is 20.8 Å². The van der Waals surface area contributed by atoms with E-state index in [1.165, 1.54) is 0 Å². The molecule has 1 aliphatic heterocycles. The van der Waals surface area contributed by atoms with Crippen molar-refractivity contribution in [1.82, 2.24) is 9.78 Å². The molecule has 0 saturated carbocycles. The van der Waals surface area contributed by atoms with Gasteiger partial charge in [0.25, 0.3) is 0 Å². The van der Waals surface area contributed by atoms with Gasteiger partial charge >= 0.3 is 0 Å². The average Bonchev–Trinajstić information content (AvgIpc) is 2.64. The van der Waals surface area contributed by atoms with E-state index in [-0.39, 0.29) is 17.6 Å². The van der Waals surface area contributed by atoms with E-state index in [2.05, 4.69) is 10.4 Å². The van der Waals surface area contributed by atoms with Gasteiger partial charge in [0.2, 0.25) is 5.91 Å². The first-order chi connectivity index (χ1) is 9.06. The zero-order valence-corrected chi connectivity index (χ0v) is 10.8. The highest BCUT2D eigenvalue weighted by Crippen LogP contribution is 2.39. The first-order valence-electron chi connectivity index (χ1n) is 6.18. The third-order valence-corrected chi connectivity index (χ3v) is 3.54. The van der Waals surface area contributed by atoms with Gasteiger partial charge in [-0.05, 0) is 24.6 Å². The summed E-state index contributed by atoms with van der Waals surface area (Å²) in [5, 5.41) is 16.8. The van der Waals surface area contributed by atoms with Crippen molar-refractivity contribution in [3.05, 3.63) is 41.1 Å². The van der Waals surface area contributed by atoms with E-state index in [9.17, 15) is 9.90 Å². The fourth-order valence-electron chi connectivity index (χ4n) is 2.74. The van der Waals surface area contributed by atoms with E-state index in [0.29, 0.717) is 6.42 Å². The maximum Gasteiger partial charge on any atom is 0.226 e. The van der Waals surface area contributed by atoms with Crippen molar-refractivity contribution < 1.29 is 9.90 Å². The number of aromatic hydroxyl groups is 1. The van der Waals surface area contributed by atoms with Gasteiger partial charge in [0, 0.05) is 24.9 Å². The quantitative estimate of drug-likeness (QED) is 0.820.